The number of methoxy groups -OCH3 is 1. The zero-order valence-corrected chi connectivity index (χ0v) is 8.91. The Bertz CT molecular complexity index is 180. The third-order valence-electron chi connectivity index (χ3n) is 2.49. The van der Waals surface area contributed by atoms with Gasteiger partial charge in [0, 0.05) is 6.61 Å². The average molecular weight is 201 g/mol. The van der Waals surface area contributed by atoms with Crippen LogP contribution >= 0.6 is 0 Å². The number of rotatable bonds is 7. The summed E-state index contributed by atoms with van der Waals surface area (Å²) in [6.45, 7) is 1.15. The monoisotopic (exact) mass is 201 g/mol. The summed E-state index contributed by atoms with van der Waals surface area (Å²) >= 11 is 0. The Hall–Kier alpha value is -0.610. The van der Waals surface area contributed by atoms with E-state index in [0.717, 1.165) is 18.9 Å². The minimum absolute atomic E-state index is 0.265. The van der Waals surface area contributed by atoms with Gasteiger partial charge in [0.2, 0.25) is 0 Å². The first-order valence-electron chi connectivity index (χ1n) is 5.10. The molecule has 82 valence electrons. The lowest BCUT2D eigenvalue weighted by molar-refractivity contribution is -0.144. The fourth-order valence-corrected chi connectivity index (χ4v) is 1.27. The molecule has 0 spiro atoms. The van der Waals surface area contributed by atoms with Crippen LogP contribution in [0.15, 0.2) is 0 Å². The zero-order chi connectivity index (χ0) is 10.4. The van der Waals surface area contributed by atoms with Gasteiger partial charge in [-0.2, -0.15) is 0 Å². The van der Waals surface area contributed by atoms with Crippen LogP contribution in [0, 0.1) is 5.92 Å². The van der Waals surface area contributed by atoms with E-state index < -0.39 is 0 Å². The Morgan fingerprint density at radius 1 is 1.57 bits per heavy atom. The van der Waals surface area contributed by atoms with Crippen LogP contribution in [-0.2, 0) is 14.3 Å². The van der Waals surface area contributed by atoms with Crippen molar-refractivity contribution in [1.82, 2.24) is 5.32 Å². The first-order chi connectivity index (χ1) is 6.77. The minimum atomic E-state index is -0.334. The summed E-state index contributed by atoms with van der Waals surface area (Å²) in [7, 11) is 3.11. The Kier molecular flexibility index (Phi) is 4.90. The van der Waals surface area contributed by atoms with E-state index in [4.69, 9.17) is 4.74 Å². The maximum absolute atomic E-state index is 11.1. The molecule has 1 fully saturated rings. The van der Waals surface area contributed by atoms with Crippen LogP contribution < -0.4 is 5.32 Å². The summed E-state index contributed by atoms with van der Waals surface area (Å²) in [5.74, 6) is 0.611. The molecule has 1 atom stereocenters. The molecule has 1 aliphatic carbocycles. The molecule has 0 amide bonds. The molecule has 1 rings (SSSR count). The summed E-state index contributed by atoms with van der Waals surface area (Å²) in [4.78, 5) is 11.1. The van der Waals surface area contributed by atoms with E-state index in [0.29, 0.717) is 6.61 Å². The van der Waals surface area contributed by atoms with Gasteiger partial charge in [0.25, 0.3) is 0 Å². The first-order valence-corrected chi connectivity index (χ1v) is 5.10. The molecule has 1 unspecified atom stereocenters. The Morgan fingerprint density at radius 2 is 2.29 bits per heavy atom. The van der Waals surface area contributed by atoms with Gasteiger partial charge < -0.3 is 14.8 Å². The van der Waals surface area contributed by atoms with Gasteiger partial charge in [-0.25, -0.2) is 0 Å². The molecule has 1 saturated carbocycles. The van der Waals surface area contributed by atoms with Crippen molar-refractivity contribution in [2.45, 2.75) is 25.3 Å². The predicted molar refractivity (Wildman–Crippen MR) is 53.0 cm³/mol. The number of hydrogen-bond acceptors (Lipinski definition) is 4. The van der Waals surface area contributed by atoms with Gasteiger partial charge in [0.05, 0.1) is 13.7 Å². The van der Waals surface area contributed by atoms with Gasteiger partial charge in [-0.15, -0.1) is 0 Å². The molecule has 4 heteroatoms. The van der Waals surface area contributed by atoms with E-state index in [9.17, 15) is 4.79 Å². The molecule has 0 aromatic carbocycles. The van der Waals surface area contributed by atoms with Crippen molar-refractivity contribution < 1.29 is 14.3 Å². The van der Waals surface area contributed by atoms with Crippen LogP contribution in [0.1, 0.15) is 19.3 Å². The van der Waals surface area contributed by atoms with Crippen LogP contribution in [0.25, 0.3) is 0 Å². The Balaban J connectivity index is 2.03. The minimum Gasteiger partial charge on any atom is -0.468 e. The second-order valence-corrected chi connectivity index (χ2v) is 3.67. The Labute approximate surface area is 85.0 Å². The number of nitrogens with one attached hydrogen (secondary N) is 1. The van der Waals surface area contributed by atoms with E-state index in [1.807, 2.05) is 0 Å². The molecule has 0 aliphatic heterocycles. The predicted octanol–water partition coefficient (Wildman–Crippen LogP) is 0.564. The van der Waals surface area contributed by atoms with E-state index in [1.54, 1.807) is 7.05 Å². The summed E-state index contributed by atoms with van der Waals surface area (Å²) in [6, 6.07) is -0.334. The highest BCUT2D eigenvalue weighted by Gasteiger charge is 2.21. The van der Waals surface area contributed by atoms with E-state index in [-0.39, 0.29) is 12.0 Å². The molecule has 4 nitrogen and oxygen atoms in total. The van der Waals surface area contributed by atoms with Crippen LogP contribution in [0.5, 0.6) is 0 Å². The van der Waals surface area contributed by atoms with Crippen LogP contribution in [0.3, 0.4) is 0 Å². The summed E-state index contributed by atoms with van der Waals surface area (Å²) in [6.07, 6.45) is 3.81. The molecular formula is C10H19NO3. The Morgan fingerprint density at radius 3 is 2.79 bits per heavy atom. The molecule has 0 saturated heterocycles. The lowest BCUT2D eigenvalue weighted by Crippen LogP contribution is -2.39. The number of hydrogen-bond donors (Lipinski definition) is 1. The second-order valence-electron chi connectivity index (χ2n) is 3.67. The third-order valence-corrected chi connectivity index (χ3v) is 2.49. The molecule has 0 radical (unpaired) electrons. The molecule has 1 aliphatic rings. The van der Waals surface area contributed by atoms with E-state index in [1.165, 1.54) is 20.0 Å². The lowest BCUT2D eigenvalue weighted by Gasteiger charge is -2.13. The number of esters is 1. The van der Waals surface area contributed by atoms with Crippen molar-refractivity contribution in [3.63, 3.8) is 0 Å². The summed E-state index contributed by atoms with van der Waals surface area (Å²) < 4.78 is 10.0. The summed E-state index contributed by atoms with van der Waals surface area (Å²) in [5.41, 5.74) is 0. The maximum Gasteiger partial charge on any atom is 0.325 e. The molecule has 0 bridgehead atoms. The number of carbonyl (C=O) groups excluding carboxylic acids is 1. The van der Waals surface area contributed by atoms with E-state index >= 15 is 0 Å². The molecular weight excluding hydrogens is 182 g/mol. The van der Waals surface area contributed by atoms with Crippen LogP contribution in [0.4, 0.5) is 0 Å². The molecule has 14 heavy (non-hydrogen) atoms. The smallest absolute Gasteiger partial charge is 0.325 e. The van der Waals surface area contributed by atoms with Gasteiger partial charge in [0.1, 0.15) is 6.04 Å². The van der Waals surface area contributed by atoms with Crippen molar-refractivity contribution in [2.75, 3.05) is 27.4 Å². The van der Waals surface area contributed by atoms with Crippen molar-refractivity contribution in [2.24, 2.45) is 5.92 Å². The largest absolute Gasteiger partial charge is 0.468 e. The van der Waals surface area contributed by atoms with Crippen molar-refractivity contribution in [1.29, 1.82) is 0 Å². The van der Waals surface area contributed by atoms with Crippen molar-refractivity contribution in [3.05, 3.63) is 0 Å². The standard InChI is InChI=1S/C10H19NO3/c1-11-9(10(12)13-2)7-14-6-5-8-3-4-8/h8-9,11H,3-7H2,1-2H3. The molecule has 0 heterocycles. The van der Waals surface area contributed by atoms with Crippen molar-refractivity contribution in [3.8, 4) is 0 Å². The molecule has 1 N–H and O–H groups in total. The van der Waals surface area contributed by atoms with Crippen LogP contribution in [-0.4, -0.2) is 39.4 Å². The molecule has 0 aromatic rings. The topological polar surface area (TPSA) is 47.6 Å². The van der Waals surface area contributed by atoms with Gasteiger partial charge in [-0.3, -0.25) is 4.79 Å². The average Bonchev–Trinajstić information content (AvgIpc) is 3.01. The fourth-order valence-electron chi connectivity index (χ4n) is 1.27. The van der Waals surface area contributed by atoms with E-state index in [2.05, 4.69) is 10.1 Å². The summed E-state index contributed by atoms with van der Waals surface area (Å²) in [5, 5.41) is 2.86. The quantitative estimate of drug-likeness (QED) is 0.483. The zero-order valence-electron chi connectivity index (χ0n) is 8.91. The fraction of sp³-hybridized carbons (Fsp3) is 0.900. The number of carbonyl (C=O) groups is 1. The highest BCUT2D eigenvalue weighted by Crippen LogP contribution is 2.32. The normalized spacial score (nSPS) is 17.9. The number of likely N-dealkylation sites (N-methyl/N-ethyl adjacent to an activating group) is 1. The van der Waals surface area contributed by atoms with Gasteiger partial charge in [-0.05, 0) is 19.4 Å². The van der Waals surface area contributed by atoms with Crippen LogP contribution in [0.2, 0.25) is 0 Å². The second kappa shape index (κ2) is 5.98. The maximum atomic E-state index is 11.1. The van der Waals surface area contributed by atoms with Gasteiger partial charge >= 0.3 is 5.97 Å². The van der Waals surface area contributed by atoms with Gasteiger partial charge in [-0.1, -0.05) is 12.8 Å². The highest BCUT2D eigenvalue weighted by molar-refractivity contribution is 5.75. The van der Waals surface area contributed by atoms with Crippen molar-refractivity contribution >= 4 is 5.97 Å². The molecule has 0 aromatic heterocycles. The first kappa shape index (κ1) is 11.5. The highest BCUT2D eigenvalue weighted by atomic mass is 16.5. The number of ether oxygens (including phenoxy) is 2. The lowest BCUT2D eigenvalue weighted by atomic mass is 10.3. The van der Waals surface area contributed by atoms with Gasteiger partial charge in [0.15, 0.2) is 0 Å². The SMILES string of the molecule is CNC(COCCC1CC1)C(=O)OC. The third kappa shape index (κ3) is 4.07.